The lowest BCUT2D eigenvalue weighted by atomic mass is 9.78. The van der Waals surface area contributed by atoms with Gasteiger partial charge in [-0.25, -0.2) is 0 Å². The Morgan fingerprint density at radius 3 is 2.53 bits per heavy atom. The molecule has 0 amide bonds. The first-order chi connectivity index (χ1) is 8.29. The van der Waals surface area contributed by atoms with Crippen LogP contribution in [0.15, 0.2) is 0 Å². The van der Waals surface area contributed by atoms with Crippen molar-refractivity contribution in [2.75, 3.05) is 26.2 Å². The molecule has 2 heteroatoms. The Morgan fingerprint density at radius 2 is 2.00 bits per heavy atom. The maximum atomic E-state index is 3.83. The molecule has 3 fully saturated rings. The van der Waals surface area contributed by atoms with Crippen LogP contribution in [0.3, 0.4) is 0 Å². The smallest absolute Gasteiger partial charge is 0.00201 e. The fourth-order valence-electron chi connectivity index (χ4n) is 3.77. The van der Waals surface area contributed by atoms with Crippen LogP contribution in [0.2, 0.25) is 0 Å². The van der Waals surface area contributed by atoms with Crippen molar-refractivity contribution in [2.24, 2.45) is 16.7 Å². The van der Waals surface area contributed by atoms with E-state index in [0.29, 0.717) is 5.41 Å². The summed E-state index contributed by atoms with van der Waals surface area (Å²) < 4.78 is 0. The number of hydrogen-bond acceptors (Lipinski definition) is 2. The average molecular weight is 236 g/mol. The minimum absolute atomic E-state index is 0.553. The topological polar surface area (TPSA) is 24.1 Å². The lowest BCUT2D eigenvalue weighted by Gasteiger charge is -2.37. The summed E-state index contributed by atoms with van der Waals surface area (Å²) in [6.07, 6.45) is 10.1. The van der Waals surface area contributed by atoms with Crippen LogP contribution >= 0.6 is 0 Å². The van der Waals surface area contributed by atoms with E-state index in [4.69, 9.17) is 0 Å². The summed E-state index contributed by atoms with van der Waals surface area (Å²) in [4.78, 5) is 0. The molecule has 1 saturated heterocycles. The van der Waals surface area contributed by atoms with Crippen LogP contribution < -0.4 is 10.6 Å². The van der Waals surface area contributed by atoms with Crippen molar-refractivity contribution in [3.63, 3.8) is 0 Å². The molecule has 0 spiro atoms. The van der Waals surface area contributed by atoms with Gasteiger partial charge in [0.15, 0.2) is 0 Å². The highest BCUT2D eigenvalue weighted by Crippen LogP contribution is 2.60. The predicted molar refractivity (Wildman–Crippen MR) is 72.1 cm³/mol. The Morgan fingerprint density at radius 1 is 1.18 bits per heavy atom. The highest BCUT2D eigenvalue weighted by atomic mass is 15.0. The lowest BCUT2D eigenvalue weighted by Crippen LogP contribution is -2.47. The van der Waals surface area contributed by atoms with Crippen LogP contribution in [-0.2, 0) is 0 Å². The molecule has 17 heavy (non-hydrogen) atoms. The van der Waals surface area contributed by atoms with Gasteiger partial charge in [0.2, 0.25) is 0 Å². The SMILES string of the molecule is CCC1(CNCC2(C3CC3)CC2)CCCNC1. The van der Waals surface area contributed by atoms with Crippen LogP contribution in [0.25, 0.3) is 0 Å². The van der Waals surface area contributed by atoms with Gasteiger partial charge in [0.05, 0.1) is 0 Å². The van der Waals surface area contributed by atoms with Crippen LogP contribution in [0.1, 0.15) is 51.9 Å². The minimum Gasteiger partial charge on any atom is -0.316 e. The molecule has 1 aliphatic heterocycles. The van der Waals surface area contributed by atoms with E-state index in [1.807, 2.05) is 0 Å². The second kappa shape index (κ2) is 4.55. The minimum atomic E-state index is 0.553. The second-order valence-corrected chi connectivity index (χ2v) is 6.87. The summed E-state index contributed by atoms with van der Waals surface area (Å²) in [5.74, 6) is 1.09. The molecule has 2 saturated carbocycles. The molecule has 0 aromatic rings. The Hall–Kier alpha value is -0.0800. The van der Waals surface area contributed by atoms with Crippen LogP contribution in [0, 0.1) is 16.7 Å². The summed E-state index contributed by atoms with van der Waals surface area (Å²) in [7, 11) is 0. The molecule has 0 bridgehead atoms. The molecule has 2 aliphatic carbocycles. The highest BCUT2D eigenvalue weighted by molar-refractivity contribution is 5.05. The first kappa shape index (κ1) is 12.0. The van der Waals surface area contributed by atoms with E-state index in [0.717, 1.165) is 11.3 Å². The van der Waals surface area contributed by atoms with E-state index in [-0.39, 0.29) is 0 Å². The summed E-state index contributed by atoms with van der Waals surface area (Å²) in [6, 6.07) is 0. The summed E-state index contributed by atoms with van der Waals surface area (Å²) in [5, 5.41) is 7.42. The van der Waals surface area contributed by atoms with E-state index in [9.17, 15) is 0 Å². The van der Waals surface area contributed by atoms with Crippen molar-refractivity contribution >= 4 is 0 Å². The largest absolute Gasteiger partial charge is 0.316 e. The third kappa shape index (κ3) is 2.53. The maximum absolute atomic E-state index is 3.83. The lowest BCUT2D eigenvalue weighted by molar-refractivity contribution is 0.187. The molecule has 0 aromatic heterocycles. The molecule has 98 valence electrons. The molecule has 1 atom stereocenters. The maximum Gasteiger partial charge on any atom is 0.00201 e. The highest BCUT2D eigenvalue weighted by Gasteiger charge is 2.53. The molecule has 1 unspecified atom stereocenters. The van der Waals surface area contributed by atoms with Gasteiger partial charge in [-0.05, 0) is 68.2 Å². The van der Waals surface area contributed by atoms with Gasteiger partial charge < -0.3 is 10.6 Å². The van der Waals surface area contributed by atoms with Crippen LogP contribution in [0.5, 0.6) is 0 Å². The van der Waals surface area contributed by atoms with Gasteiger partial charge >= 0.3 is 0 Å². The van der Waals surface area contributed by atoms with Crippen molar-refractivity contribution in [1.82, 2.24) is 10.6 Å². The molecule has 3 rings (SSSR count). The van der Waals surface area contributed by atoms with Gasteiger partial charge in [-0.1, -0.05) is 6.92 Å². The first-order valence-corrected chi connectivity index (χ1v) is 7.70. The molecule has 2 nitrogen and oxygen atoms in total. The van der Waals surface area contributed by atoms with Gasteiger partial charge in [0.25, 0.3) is 0 Å². The standard InChI is InChI=1S/C15H28N2/c1-2-14(6-3-9-16-10-14)11-17-12-15(7-8-15)13-4-5-13/h13,16-17H,2-12H2,1H3. The third-order valence-corrected chi connectivity index (χ3v) is 5.62. The Labute approximate surface area is 106 Å². The average Bonchev–Trinajstić information content (AvgIpc) is 3.23. The number of piperidine rings is 1. The van der Waals surface area contributed by atoms with Crippen molar-refractivity contribution in [3.8, 4) is 0 Å². The molecule has 0 aromatic carbocycles. The van der Waals surface area contributed by atoms with E-state index in [2.05, 4.69) is 17.6 Å². The van der Waals surface area contributed by atoms with E-state index in [1.54, 1.807) is 0 Å². The zero-order valence-electron chi connectivity index (χ0n) is 11.4. The molecule has 0 radical (unpaired) electrons. The number of nitrogens with one attached hydrogen (secondary N) is 2. The Balaban J connectivity index is 1.46. The zero-order chi connectivity index (χ0) is 11.8. The van der Waals surface area contributed by atoms with Gasteiger partial charge in [-0.15, -0.1) is 0 Å². The second-order valence-electron chi connectivity index (χ2n) is 6.87. The molecular weight excluding hydrogens is 208 g/mol. The molecule has 1 heterocycles. The summed E-state index contributed by atoms with van der Waals surface area (Å²) >= 11 is 0. The van der Waals surface area contributed by atoms with Gasteiger partial charge in [0, 0.05) is 19.6 Å². The Kier molecular flexibility index (Phi) is 3.20. The molecule has 2 N–H and O–H groups in total. The van der Waals surface area contributed by atoms with E-state index < -0.39 is 0 Å². The van der Waals surface area contributed by atoms with Crippen molar-refractivity contribution < 1.29 is 0 Å². The normalized spacial score (nSPS) is 35.8. The molecular formula is C15H28N2. The van der Waals surface area contributed by atoms with Gasteiger partial charge in [-0.3, -0.25) is 0 Å². The molecule has 3 aliphatic rings. The zero-order valence-corrected chi connectivity index (χ0v) is 11.4. The van der Waals surface area contributed by atoms with Crippen molar-refractivity contribution in [2.45, 2.75) is 51.9 Å². The first-order valence-electron chi connectivity index (χ1n) is 7.70. The summed E-state index contributed by atoms with van der Waals surface area (Å²) in [6.45, 7) is 7.37. The Bertz CT molecular complexity index is 260. The fourth-order valence-corrected chi connectivity index (χ4v) is 3.77. The predicted octanol–water partition coefficient (Wildman–Crippen LogP) is 2.55. The van der Waals surface area contributed by atoms with E-state index >= 15 is 0 Å². The van der Waals surface area contributed by atoms with Crippen LogP contribution in [-0.4, -0.2) is 26.2 Å². The number of rotatable bonds is 6. The summed E-state index contributed by atoms with van der Waals surface area (Å²) in [5.41, 5.74) is 1.31. The number of hydrogen-bond donors (Lipinski definition) is 2. The fraction of sp³-hybridized carbons (Fsp3) is 1.00. The van der Waals surface area contributed by atoms with Crippen molar-refractivity contribution in [3.05, 3.63) is 0 Å². The monoisotopic (exact) mass is 236 g/mol. The quantitative estimate of drug-likeness (QED) is 0.740. The van der Waals surface area contributed by atoms with Crippen LogP contribution in [0.4, 0.5) is 0 Å². The van der Waals surface area contributed by atoms with Gasteiger partial charge in [0.1, 0.15) is 0 Å². The van der Waals surface area contributed by atoms with E-state index in [1.165, 1.54) is 71.1 Å². The van der Waals surface area contributed by atoms with Crippen molar-refractivity contribution in [1.29, 1.82) is 0 Å². The third-order valence-electron chi connectivity index (χ3n) is 5.62. The van der Waals surface area contributed by atoms with Gasteiger partial charge in [-0.2, -0.15) is 0 Å².